The van der Waals surface area contributed by atoms with Crippen molar-refractivity contribution < 1.29 is 0 Å². The number of hydrogen-bond donors (Lipinski definition) is 0. The molecule has 0 aliphatic heterocycles. The van der Waals surface area contributed by atoms with E-state index in [0.29, 0.717) is 0 Å². The van der Waals surface area contributed by atoms with Crippen LogP contribution in [0.3, 0.4) is 0 Å². The van der Waals surface area contributed by atoms with Gasteiger partial charge in [0.05, 0.1) is 17.1 Å². The summed E-state index contributed by atoms with van der Waals surface area (Å²) in [6, 6.07) is 22.0. The maximum Gasteiger partial charge on any atom is 0.0986 e. The molecular weight excluding hydrogens is 374 g/mol. The van der Waals surface area contributed by atoms with Crippen LogP contribution in [0.1, 0.15) is 0 Å². The molecule has 0 aliphatic carbocycles. The fourth-order valence-electron chi connectivity index (χ4n) is 2.82. The first-order valence-corrected chi connectivity index (χ1v) is 8.70. The Hall–Kier alpha value is -2.85. The molecule has 0 unspecified atom stereocenters. The molecule has 4 rings (SSSR count). The maximum absolute atomic E-state index is 4.65. The summed E-state index contributed by atoms with van der Waals surface area (Å²) in [5.41, 5.74) is 5.62. The first kappa shape index (κ1) is 15.7. The monoisotopic (exact) mass is 387 g/mol. The molecule has 0 atom stereocenters. The van der Waals surface area contributed by atoms with Gasteiger partial charge in [0.2, 0.25) is 0 Å². The second-order valence-electron chi connectivity index (χ2n) is 5.50. The molecule has 0 fully saturated rings. The number of rotatable bonds is 3. The SMILES string of the molecule is Brc1ccnc(-c2ncccc2-c2ccccn2)c1-c1ccccc1. The smallest absolute Gasteiger partial charge is 0.0986 e. The number of pyridine rings is 3. The molecule has 0 bridgehead atoms. The van der Waals surface area contributed by atoms with Gasteiger partial charge in [-0.05, 0) is 35.9 Å². The molecule has 0 saturated heterocycles. The van der Waals surface area contributed by atoms with Gasteiger partial charge in [0, 0.05) is 34.2 Å². The zero-order chi connectivity index (χ0) is 17.1. The molecule has 25 heavy (non-hydrogen) atoms. The van der Waals surface area contributed by atoms with Gasteiger partial charge in [0.15, 0.2) is 0 Å². The van der Waals surface area contributed by atoms with E-state index in [-0.39, 0.29) is 0 Å². The minimum Gasteiger partial charge on any atom is -0.256 e. The van der Waals surface area contributed by atoms with Crippen molar-refractivity contribution >= 4 is 15.9 Å². The summed E-state index contributed by atoms with van der Waals surface area (Å²) in [5, 5.41) is 0. The lowest BCUT2D eigenvalue weighted by Gasteiger charge is -2.13. The summed E-state index contributed by atoms with van der Waals surface area (Å²) in [6.07, 6.45) is 5.38. The highest BCUT2D eigenvalue weighted by molar-refractivity contribution is 9.10. The molecule has 0 spiro atoms. The van der Waals surface area contributed by atoms with E-state index in [9.17, 15) is 0 Å². The molecule has 4 heteroatoms. The highest BCUT2D eigenvalue weighted by Crippen LogP contribution is 2.38. The molecule has 0 radical (unpaired) electrons. The zero-order valence-electron chi connectivity index (χ0n) is 13.3. The molecular formula is C21H14BrN3. The van der Waals surface area contributed by atoms with Crippen molar-refractivity contribution in [2.24, 2.45) is 0 Å². The van der Waals surface area contributed by atoms with Crippen molar-refractivity contribution in [1.82, 2.24) is 15.0 Å². The van der Waals surface area contributed by atoms with E-state index in [1.54, 1.807) is 18.6 Å². The van der Waals surface area contributed by atoms with Gasteiger partial charge in [-0.15, -0.1) is 0 Å². The van der Waals surface area contributed by atoms with Crippen LogP contribution in [-0.4, -0.2) is 15.0 Å². The lowest BCUT2D eigenvalue weighted by molar-refractivity contribution is 1.23. The Morgan fingerprint density at radius 3 is 2.16 bits per heavy atom. The summed E-state index contributed by atoms with van der Waals surface area (Å²) in [4.78, 5) is 13.8. The lowest BCUT2D eigenvalue weighted by atomic mass is 9.98. The van der Waals surface area contributed by atoms with Gasteiger partial charge < -0.3 is 0 Å². The Morgan fingerprint density at radius 2 is 1.36 bits per heavy atom. The number of aromatic nitrogens is 3. The van der Waals surface area contributed by atoms with Gasteiger partial charge in [-0.3, -0.25) is 15.0 Å². The Balaban J connectivity index is 1.98. The third-order valence-electron chi connectivity index (χ3n) is 3.94. The molecule has 4 aromatic rings. The third kappa shape index (κ3) is 3.08. The summed E-state index contributed by atoms with van der Waals surface area (Å²) in [6.45, 7) is 0. The van der Waals surface area contributed by atoms with Crippen molar-refractivity contribution in [2.75, 3.05) is 0 Å². The molecule has 0 aliphatic rings. The normalized spacial score (nSPS) is 10.6. The predicted octanol–water partition coefficient (Wildman–Crippen LogP) is 5.64. The molecule has 0 amide bonds. The Morgan fingerprint density at radius 1 is 0.600 bits per heavy atom. The number of benzene rings is 1. The maximum atomic E-state index is 4.65. The summed E-state index contributed by atoms with van der Waals surface area (Å²) < 4.78 is 0.987. The van der Waals surface area contributed by atoms with Crippen LogP contribution in [0.15, 0.2) is 89.8 Å². The average Bonchev–Trinajstić information content (AvgIpc) is 2.69. The topological polar surface area (TPSA) is 38.7 Å². The standard InChI is InChI=1S/C21H14BrN3/c22-17-11-14-25-21(19(17)15-7-2-1-3-8-15)20-16(9-6-13-24-20)18-10-4-5-12-23-18/h1-14H. The van der Waals surface area contributed by atoms with Crippen molar-refractivity contribution in [3.05, 3.63) is 89.8 Å². The quantitative estimate of drug-likeness (QED) is 0.456. The van der Waals surface area contributed by atoms with Crippen LogP contribution in [0.5, 0.6) is 0 Å². The van der Waals surface area contributed by atoms with E-state index in [2.05, 4.69) is 43.0 Å². The van der Waals surface area contributed by atoms with Crippen molar-refractivity contribution in [1.29, 1.82) is 0 Å². The highest BCUT2D eigenvalue weighted by atomic mass is 79.9. The Labute approximate surface area is 154 Å². The zero-order valence-corrected chi connectivity index (χ0v) is 14.9. The van der Waals surface area contributed by atoms with Crippen LogP contribution in [0, 0.1) is 0 Å². The second kappa shape index (κ2) is 6.95. The van der Waals surface area contributed by atoms with Crippen LogP contribution in [0.2, 0.25) is 0 Å². The largest absolute Gasteiger partial charge is 0.256 e. The first-order valence-electron chi connectivity index (χ1n) is 7.91. The summed E-state index contributed by atoms with van der Waals surface area (Å²) in [5.74, 6) is 0. The van der Waals surface area contributed by atoms with Crippen molar-refractivity contribution in [2.45, 2.75) is 0 Å². The minimum atomic E-state index is 0.821. The molecule has 3 aromatic heterocycles. The van der Waals surface area contributed by atoms with Gasteiger partial charge in [-0.1, -0.05) is 52.3 Å². The van der Waals surface area contributed by atoms with Gasteiger partial charge >= 0.3 is 0 Å². The fraction of sp³-hybridized carbons (Fsp3) is 0. The van der Waals surface area contributed by atoms with Gasteiger partial charge in [0.1, 0.15) is 0 Å². The Bertz CT molecular complexity index is 1000. The predicted molar refractivity (Wildman–Crippen MR) is 104 cm³/mol. The highest BCUT2D eigenvalue weighted by Gasteiger charge is 2.17. The van der Waals surface area contributed by atoms with Gasteiger partial charge in [-0.2, -0.15) is 0 Å². The van der Waals surface area contributed by atoms with E-state index in [1.807, 2.05) is 54.6 Å². The minimum absolute atomic E-state index is 0.821. The van der Waals surface area contributed by atoms with Crippen molar-refractivity contribution in [3.63, 3.8) is 0 Å². The van der Waals surface area contributed by atoms with E-state index in [0.717, 1.165) is 38.2 Å². The van der Waals surface area contributed by atoms with Crippen LogP contribution < -0.4 is 0 Å². The van der Waals surface area contributed by atoms with Crippen molar-refractivity contribution in [3.8, 4) is 33.8 Å². The lowest BCUT2D eigenvalue weighted by Crippen LogP contribution is -1.96. The van der Waals surface area contributed by atoms with Crippen LogP contribution in [0.25, 0.3) is 33.8 Å². The van der Waals surface area contributed by atoms with E-state index in [4.69, 9.17) is 0 Å². The molecule has 120 valence electrons. The molecule has 0 saturated carbocycles. The van der Waals surface area contributed by atoms with Crippen LogP contribution in [0.4, 0.5) is 0 Å². The number of nitrogens with zero attached hydrogens (tertiary/aromatic N) is 3. The average molecular weight is 388 g/mol. The molecule has 1 aromatic carbocycles. The van der Waals surface area contributed by atoms with E-state index >= 15 is 0 Å². The molecule has 0 N–H and O–H groups in total. The first-order chi connectivity index (χ1) is 12.3. The van der Waals surface area contributed by atoms with Gasteiger partial charge in [0.25, 0.3) is 0 Å². The summed E-state index contributed by atoms with van der Waals surface area (Å²) >= 11 is 3.68. The number of hydrogen-bond acceptors (Lipinski definition) is 3. The summed E-state index contributed by atoms with van der Waals surface area (Å²) in [7, 11) is 0. The number of halogens is 1. The van der Waals surface area contributed by atoms with Crippen LogP contribution in [-0.2, 0) is 0 Å². The fourth-order valence-corrected chi connectivity index (χ4v) is 3.35. The van der Waals surface area contributed by atoms with E-state index in [1.165, 1.54) is 0 Å². The van der Waals surface area contributed by atoms with E-state index < -0.39 is 0 Å². The molecule has 3 heterocycles. The molecule has 3 nitrogen and oxygen atoms in total. The van der Waals surface area contributed by atoms with Gasteiger partial charge in [-0.25, -0.2) is 0 Å². The Kier molecular flexibility index (Phi) is 4.36. The second-order valence-corrected chi connectivity index (χ2v) is 6.35. The third-order valence-corrected chi connectivity index (χ3v) is 4.60. The van der Waals surface area contributed by atoms with Crippen LogP contribution >= 0.6 is 15.9 Å².